The Bertz CT molecular complexity index is 951. The number of carbonyl (C=O) groups is 1. The van der Waals surface area contributed by atoms with Crippen molar-refractivity contribution < 1.29 is 9.53 Å². The number of fused-ring (bicyclic) bond motifs is 3. The maximum atomic E-state index is 13.0. The van der Waals surface area contributed by atoms with Crippen molar-refractivity contribution in [3.05, 3.63) is 65.9 Å². The molecule has 0 atom stereocenters. The molecule has 5 rings (SSSR count). The van der Waals surface area contributed by atoms with Gasteiger partial charge in [0.05, 0.1) is 12.2 Å². The van der Waals surface area contributed by atoms with E-state index in [1.807, 2.05) is 47.5 Å². The summed E-state index contributed by atoms with van der Waals surface area (Å²) in [5.41, 5.74) is 3.18. The third-order valence-electron chi connectivity index (χ3n) is 5.79. The fraction of sp³-hybridized carbons (Fsp3) is 0.286. The molecule has 0 radical (unpaired) electrons. The van der Waals surface area contributed by atoms with Gasteiger partial charge in [-0.1, -0.05) is 36.4 Å². The maximum absolute atomic E-state index is 13.0. The van der Waals surface area contributed by atoms with Gasteiger partial charge >= 0.3 is 0 Å². The predicted octanol–water partition coefficient (Wildman–Crippen LogP) is 3.73. The van der Waals surface area contributed by atoms with Gasteiger partial charge in [-0.15, -0.1) is 0 Å². The molecule has 3 heterocycles. The van der Waals surface area contributed by atoms with Crippen LogP contribution in [-0.4, -0.2) is 35.5 Å². The second kappa shape index (κ2) is 5.38. The lowest BCUT2D eigenvalue weighted by Gasteiger charge is -2.38. The first kappa shape index (κ1) is 14.6. The van der Waals surface area contributed by atoms with Crippen LogP contribution in [-0.2, 0) is 5.41 Å². The van der Waals surface area contributed by atoms with Gasteiger partial charge in [0.15, 0.2) is 0 Å². The Hall–Kier alpha value is -2.75. The van der Waals surface area contributed by atoms with Crippen LogP contribution in [0.5, 0.6) is 5.75 Å². The summed E-state index contributed by atoms with van der Waals surface area (Å²) >= 11 is 0. The van der Waals surface area contributed by atoms with Crippen LogP contribution in [0, 0.1) is 0 Å². The standard InChI is InChI=1S/C21H20N2O2/c24-20(16-13-22-18-7-3-1-5-15(16)18)23-11-9-21(10-12-23)14-25-19-8-4-2-6-17(19)21/h1-8,13,22H,9-12,14H2. The molecule has 2 aliphatic heterocycles. The monoisotopic (exact) mass is 332 g/mol. The number of para-hydroxylation sites is 2. The van der Waals surface area contributed by atoms with Gasteiger partial charge in [0.2, 0.25) is 0 Å². The van der Waals surface area contributed by atoms with Gasteiger partial charge < -0.3 is 14.6 Å². The summed E-state index contributed by atoms with van der Waals surface area (Å²) in [6.07, 6.45) is 3.75. The molecule has 0 saturated carbocycles. The van der Waals surface area contributed by atoms with E-state index < -0.39 is 0 Å². The molecule has 0 aliphatic carbocycles. The van der Waals surface area contributed by atoms with E-state index in [1.165, 1.54) is 5.56 Å². The predicted molar refractivity (Wildman–Crippen MR) is 97.1 cm³/mol. The van der Waals surface area contributed by atoms with E-state index in [0.717, 1.165) is 54.8 Å². The molecule has 1 spiro atoms. The van der Waals surface area contributed by atoms with E-state index in [9.17, 15) is 4.79 Å². The summed E-state index contributed by atoms with van der Waals surface area (Å²) < 4.78 is 5.91. The molecular formula is C21H20N2O2. The lowest BCUT2D eigenvalue weighted by atomic mass is 9.74. The van der Waals surface area contributed by atoms with E-state index in [4.69, 9.17) is 4.74 Å². The van der Waals surface area contributed by atoms with Crippen LogP contribution in [0.25, 0.3) is 10.9 Å². The van der Waals surface area contributed by atoms with Crippen molar-refractivity contribution in [2.75, 3.05) is 19.7 Å². The number of amides is 1. The largest absolute Gasteiger partial charge is 0.492 e. The first-order valence-electron chi connectivity index (χ1n) is 8.85. The zero-order valence-corrected chi connectivity index (χ0v) is 14.0. The summed E-state index contributed by atoms with van der Waals surface area (Å²) in [4.78, 5) is 18.2. The smallest absolute Gasteiger partial charge is 0.256 e. The average molecular weight is 332 g/mol. The number of hydrogen-bond acceptors (Lipinski definition) is 2. The zero-order valence-electron chi connectivity index (χ0n) is 14.0. The first-order valence-corrected chi connectivity index (χ1v) is 8.85. The summed E-state index contributed by atoms with van der Waals surface area (Å²) in [6.45, 7) is 2.29. The van der Waals surface area contributed by atoms with Crippen molar-refractivity contribution in [3.8, 4) is 5.75 Å². The highest BCUT2D eigenvalue weighted by molar-refractivity contribution is 6.06. The van der Waals surface area contributed by atoms with Gasteiger partial charge in [-0.3, -0.25) is 4.79 Å². The Morgan fingerprint density at radius 3 is 2.68 bits per heavy atom. The Balaban J connectivity index is 1.38. The van der Waals surface area contributed by atoms with Crippen LogP contribution in [0.15, 0.2) is 54.7 Å². The number of nitrogens with one attached hydrogen (secondary N) is 1. The molecule has 25 heavy (non-hydrogen) atoms. The average Bonchev–Trinajstić information content (AvgIpc) is 3.25. The number of piperidine rings is 1. The number of aromatic amines is 1. The molecule has 4 nitrogen and oxygen atoms in total. The Morgan fingerprint density at radius 2 is 1.80 bits per heavy atom. The van der Waals surface area contributed by atoms with Crippen LogP contribution in [0.2, 0.25) is 0 Å². The number of benzene rings is 2. The molecule has 1 saturated heterocycles. The number of rotatable bonds is 1. The van der Waals surface area contributed by atoms with E-state index in [1.54, 1.807) is 0 Å². The lowest BCUT2D eigenvalue weighted by molar-refractivity contribution is 0.0648. The number of aromatic nitrogens is 1. The van der Waals surface area contributed by atoms with Gasteiger partial charge in [0, 0.05) is 41.2 Å². The SMILES string of the molecule is O=C(c1c[nH]c2ccccc12)N1CCC2(CC1)COc1ccccc12. The second-order valence-corrected chi connectivity index (χ2v) is 7.11. The number of likely N-dealkylation sites (tertiary alicyclic amines) is 1. The minimum Gasteiger partial charge on any atom is -0.492 e. The van der Waals surface area contributed by atoms with Gasteiger partial charge in [-0.25, -0.2) is 0 Å². The van der Waals surface area contributed by atoms with Gasteiger partial charge in [-0.05, 0) is 25.0 Å². The van der Waals surface area contributed by atoms with E-state index in [0.29, 0.717) is 0 Å². The van der Waals surface area contributed by atoms with E-state index in [2.05, 4.69) is 17.1 Å². The van der Waals surface area contributed by atoms with Crippen molar-refractivity contribution >= 4 is 16.8 Å². The van der Waals surface area contributed by atoms with Gasteiger partial charge in [0.25, 0.3) is 5.91 Å². The molecule has 2 aromatic carbocycles. The second-order valence-electron chi connectivity index (χ2n) is 7.11. The normalized spacial score (nSPS) is 18.3. The van der Waals surface area contributed by atoms with Crippen molar-refractivity contribution in [1.29, 1.82) is 0 Å². The minimum atomic E-state index is 0.0770. The van der Waals surface area contributed by atoms with Crippen molar-refractivity contribution in [2.45, 2.75) is 18.3 Å². The third kappa shape index (κ3) is 2.17. The molecule has 1 N–H and O–H groups in total. The fourth-order valence-corrected chi connectivity index (χ4v) is 4.29. The molecular weight excluding hydrogens is 312 g/mol. The molecule has 0 bridgehead atoms. The van der Waals surface area contributed by atoms with E-state index in [-0.39, 0.29) is 11.3 Å². The first-order chi connectivity index (χ1) is 12.3. The Labute approximate surface area is 146 Å². The van der Waals surface area contributed by atoms with Crippen molar-refractivity contribution in [1.82, 2.24) is 9.88 Å². The molecule has 1 amide bonds. The molecule has 2 aliphatic rings. The third-order valence-corrected chi connectivity index (χ3v) is 5.79. The van der Waals surface area contributed by atoms with Gasteiger partial charge in [0.1, 0.15) is 5.75 Å². The van der Waals surface area contributed by atoms with Gasteiger partial charge in [-0.2, -0.15) is 0 Å². The Kier molecular flexibility index (Phi) is 3.14. The summed E-state index contributed by atoms with van der Waals surface area (Å²) in [5.74, 6) is 1.14. The highest BCUT2D eigenvalue weighted by Gasteiger charge is 2.43. The number of nitrogens with zero attached hydrogens (tertiary/aromatic N) is 1. The highest BCUT2D eigenvalue weighted by Crippen LogP contribution is 2.45. The van der Waals surface area contributed by atoms with Crippen molar-refractivity contribution in [3.63, 3.8) is 0 Å². The minimum absolute atomic E-state index is 0.0770. The quantitative estimate of drug-likeness (QED) is 0.738. The number of ether oxygens (including phenoxy) is 1. The van der Waals surface area contributed by atoms with Crippen LogP contribution in [0.4, 0.5) is 0 Å². The molecule has 126 valence electrons. The maximum Gasteiger partial charge on any atom is 0.256 e. The van der Waals surface area contributed by atoms with Crippen LogP contribution in [0.3, 0.4) is 0 Å². The number of H-pyrrole nitrogens is 1. The van der Waals surface area contributed by atoms with Crippen LogP contribution in [0.1, 0.15) is 28.8 Å². The molecule has 1 aromatic heterocycles. The Morgan fingerprint density at radius 1 is 1.04 bits per heavy atom. The topological polar surface area (TPSA) is 45.3 Å². The molecule has 4 heteroatoms. The molecule has 3 aromatic rings. The summed E-state index contributed by atoms with van der Waals surface area (Å²) in [6, 6.07) is 16.3. The lowest BCUT2D eigenvalue weighted by Crippen LogP contribution is -2.46. The number of hydrogen-bond donors (Lipinski definition) is 1. The van der Waals surface area contributed by atoms with E-state index >= 15 is 0 Å². The zero-order chi connectivity index (χ0) is 16.9. The fourth-order valence-electron chi connectivity index (χ4n) is 4.29. The van der Waals surface area contributed by atoms with Crippen molar-refractivity contribution in [2.24, 2.45) is 0 Å². The molecule has 1 fully saturated rings. The highest BCUT2D eigenvalue weighted by atomic mass is 16.5. The summed E-state index contributed by atoms with van der Waals surface area (Å²) in [5, 5.41) is 1.00. The van der Waals surface area contributed by atoms with Crippen LogP contribution < -0.4 is 4.74 Å². The molecule has 0 unspecified atom stereocenters. The summed E-state index contributed by atoms with van der Waals surface area (Å²) in [7, 11) is 0. The number of carbonyl (C=O) groups excluding carboxylic acids is 1. The van der Waals surface area contributed by atoms with Crippen LogP contribution >= 0.6 is 0 Å².